The van der Waals surface area contributed by atoms with Gasteiger partial charge in [0.05, 0.1) is 4.20 Å². The monoisotopic (exact) mass is 248 g/mol. The summed E-state index contributed by atoms with van der Waals surface area (Å²) in [5.74, 6) is 0.763. The largest absolute Gasteiger partial charge is 0.195 e. The van der Waals surface area contributed by atoms with Crippen LogP contribution in [-0.2, 0) is 0 Å². The third kappa shape index (κ3) is 8.96. The van der Waals surface area contributed by atoms with Gasteiger partial charge in [0.2, 0.25) is 0 Å². The Hall–Kier alpha value is 1.05. The first-order valence-corrected chi connectivity index (χ1v) is 5.32. The molecular formula is C6H7Cl3S2. The second-order valence-electron chi connectivity index (χ2n) is 1.76. The fourth-order valence-electron chi connectivity index (χ4n) is 0.367. The lowest BCUT2D eigenvalue weighted by Gasteiger charge is -2.09. The maximum absolute atomic E-state index is 5.51. The molecule has 0 atom stereocenters. The van der Waals surface area contributed by atoms with Crippen molar-refractivity contribution in [1.82, 2.24) is 0 Å². The summed E-state index contributed by atoms with van der Waals surface area (Å²) in [5.41, 5.74) is 0. The molecule has 0 nitrogen and oxygen atoms in total. The topological polar surface area (TPSA) is 0 Å². The Morgan fingerprint density at radius 3 is 2.45 bits per heavy atom. The second-order valence-corrected chi connectivity index (χ2v) is 6.15. The van der Waals surface area contributed by atoms with E-state index < -0.39 is 3.79 Å². The predicted molar refractivity (Wildman–Crippen MR) is 60.2 cm³/mol. The number of thiocarbonyl (C=S) groups is 1. The van der Waals surface area contributed by atoms with E-state index in [4.69, 9.17) is 47.0 Å². The van der Waals surface area contributed by atoms with Crippen molar-refractivity contribution in [3.63, 3.8) is 0 Å². The average molecular weight is 250 g/mol. The van der Waals surface area contributed by atoms with E-state index in [1.54, 1.807) is 6.08 Å². The SMILES string of the molecule is C=CCSC(=S)CC(Cl)(Cl)Cl. The number of hydrogen-bond acceptors (Lipinski definition) is 2. The molecule has 0 N–H and O–H groups in total. The number of alkyl halides is 3. The standard InChI is InChI=1S/C6H7Cl3S2/c1-2-3-11-5(10)4-6(7,8)9/h2H,1,3-4H2. The Kier molecular flexibility index (Phi) is 6.19. The first kappa shape index (κ1) is 12.0. The molecule has 0 heterocycles. The molecule has 0 amide bonds. The Morgan fingerprint density at radius 2 is 2.09 bits per heavy atom. The third-order valence-electron chi connectivity index (χ3n) is 0.707. The van der Waals surface area contributed by atoms with Crippen LogP contribution in [0.5, 0.6) is 0 Å². The molecule has 0 saturated carbocycles. The molecule has 0 aliphatic heterocycles. The zero-order valence-corrected chi connectivity index (χ0v) is 9.55. The summed E-state index contributed by atoms with van der Waals surface area (Å²) >= 11 is 22.9. The normalized spacial score (nSPS) is 11.2. The average Bonchev–Trinajstić information content (AvgIpc) is 1.79. The molecule has 0 radical (unpaired) electrons. The molecule has 11 heavy (non-hydrogen) atoms. The van der Waals surface area contributed by atoms with E-state index in [0.29, 0.717) is 10.6 Å². The molecule has 0 unspecified atom stereocenters. The highest BCUT2D eigenvalue weighted by atomic mass is 35.6. The van der Waals surface area contributed by atoms with Crippen molar-refractivity contribution in [2.75, 3.05) is 5.75 Å². The van der Waals surface area contributed by atoms with Gasteiger partial charge in [0.1, 0.15) is 0 Å². The first-order chi connectivity index (χ1) is 4.95. The second kappa shape index (κ2) is 5.65. The molecular weight excluding hydrogens is 243 g/mol. The van der Waals surface area contributed by atoms with Gasteiger partial charge in [-0.25, -0.2) is 0 Å². The molecule has 0 aromatic carbocycles. The highest BCUT2D eigenvalue weighted by Crippen LogP contribution is 2.32. The highest BCUT2D eigenvalue weighted by Gasteiger charge is 2.21. The molecule has 0 rings (SSSR count). The summed E-state index contributed by atoms with van der Waals surface area (Å²) in [4.78, 5) is 0. The van der Waals surface area contributed by atoms with Crippen LogP contribution in [0.4, 0.5) is 0 Å². The van der Waals surface area contributed by atoms with Crippen LogP contribution in [0.15, 0.2) is 12.7 Å². The third-order valence-corrected chi connectivity index (χ3v) is 2.47. The summed E-state index contributed by atoms with van der Waals surface area (Å²) in [6.45, 7) is 3.55. The maximum atomic E-state index is 5.51. The molecule has 0 aromatic rings. The van der Waals surface area contributed by atoms with E-state index in [-0.39, 0.29) is 0 Å². The fraction of sp³-hybridized carbons (Fsp3) is 0.500. The lowest BCUT2D eigenvalue weighted by atomic mass is 10.5. The van der Waals surface area contributed by atoms with Crippen LogP contribution in [0.2, 0.25) is 0 Å². The summed E-state index contributed by atoms with van der Waals surface area (Å²) in [7, 11) is 0. The molecule has 0 saturated heterocycles. The van der Waals surface area contributed by atoms with Gasteiger partial charge < -0.3 is 0 Å². The predicted octanol–water partition coefficient (Wildman–Crippen LogP) is 3.99. The number of rotatable bonds is 3. The molecule has 5 heteroatoms. The summed E-state index contributed by atoms with van der Waals surface area (Å²) < 4.78 is -0.560. The van der Waals surface area contributed by atoms with Crippen LogP contribution < -0.4 is 0 Å². The zero-order chi connectivity index (χ0) is 8.91. The molecule has 0 aliphatic rings. The molecule has 64 valence electrons. The van der Waals surface area contributed by atoms with E-state index in [1.165, 1.54) is 11.8 Å². The van der Waals surface area contributed by atoms with Gasteiger partial charge in [0.15, 0.2) is 3.79 Å². The van der Waals surface area contributed by atoms with Gasteiger partial charge in [-0.1, -0.05) is 53.1 Å². The minimum atomic E-state index is -1.26. The van der Waals surface area contributed by atoms with Gasteiger partial charge in [-0.15, -0.1) is 18.3 Å². The van der Waals surface area contributed by atoms with Crippen molar-refractivity contribution in [2.45, 2.75) is 10.2 Å². The Balaban J connectivity index is 3.61. The number of halogens is 3. The van der Waals surface area contributed by atoms with Crippen molar-refractivity contribution in [3.05, 3.63) is 12.7 Å². The van der Waals surface area contributed by atoms with Crippen molar-refractivity contribution in [1.29, 1.82) is 0 Å². The van der Waals surface area contributed by atoms with Gasteiger partial charge in [-0.2, -0.15) is 0 Å². The quantitative estimate of drug-likeness (QED) is 0.421. The van der Waals surface area contributed by atoms with Crippen LogP contribution in [0.25, 0.3) is 0 Å². The van der Waals surface area contributed by atoms with Crippen LogP contribution in [0.3, 0.4) is 0 Å². The van der Waals surface area contributed by atoms with Gasteiger partial charge in [-0.3, -0.25) is 0 Å². The highest BCUT2D eigenvalue weighted by molar-refractivity contribution is 8.23. The lowest BCUT2D eigenvalue weighted by molar-refractivity contribution is 1.16. The Bertz CT molecular complexity index is 150. The van der Waals surface area contributed by atoms with E-state index in [1.807, 2.05) is 0 Å². The van der Waals surface area contributed by atoms with E-state index in [9.17, 15) is 0 Å². The van der Waals surface area contributed by atoms with Gasteiger partial charge >= 0.3 is 0 Å². The Labute approximate surface area is 91.3 Å². The van der Waals surface area contributed by atoms with Crippen molar-refractivity contribution in [3.8, 4) is 0 Å². The zero-order valence-electron chi connectivity index (χ0n) is 5.65. The minimum absolute atomic E-state index is 0.311. The van der Waals surface area contributed by atoms with Crippen molar-refractivity contribution >= 4 is 63.0 Å². The fourth-order valence-corrected chi connectivity index (χ4v) is 2.29. The molecule has 0 fully saturated rings. The van der Waals surface area contributed by atoms with Crippen molar-refractivity contribution in [2.24, 2.45) is 0 Å². The summed E-state index contributed by atoms with van der Waals surface area (Å²) in [6, 6.07) is 0. The lowest BCUT2D eigenvalue weighted by Crippen LogP contribution is -2.06. The van der Waals surface area contributed by atoms with E-state index >= 15 is 0 Å². The summed E-state index contributed by atoms with van der Waals surface area (Å²) in [5, 5.41) is 0. The van der Waals surface area contributed by atoms with Crippen LogP contribution in [0, 0.1) is 0 Å². The van der Waals surface area contributed by atoms with Crippen LogP contribution in [0.1, 0.15) is 6.42 Å². The molecule has 0 aliphatic carbocycles. The van der Waals surface area contributed by atoms with Gasteiger partial charge in [0.25, 0.3) is 0 Å². The maximum Gasteiger partial charge on any atom is 0.195 e. The van der Waals surface area contributed by atoms with Gasteiger partial charge in [0, 0.05) is 12.2 Å². The van der Waals surface area contributed by atoms with E-state index in [0.717, 1.165) is 5.75 Å². The minimum Gasteiger partial charge on any atom is -0.115 e. The molecule has 0 aromatic heterocycles. The molecule has 0 spiro atoms. The molecule has 0 bridgehead atoms. The van der Waals surface area contributed by atoms with Gasteiger partial charge in [-0.05, 0) is 0 Å². The number of thioether (sulfide) groups is 1. The van der Waals surface area contributed by atoms with Crippen molar-refractivity contribution < 1.29 is 0 Å². The first-order valence-electron chi connectivity index (χ1n) is 2.79. The Morgan fingerprint density at radius 1 is 1.55 bits per heavy atom. The van der Waals surface area contributed by atoms with E-state index in [2.05, 4.69) is 6.58 Å². The number of hydrogen-bond donors (Lipinski definition) is 0. The van der Waals surface area contributed by atoms with Crippen LogP contribution >= 0.6 is 58.8 Å². The summed E-state index contributed by atoms with van der Waals surface area (Å²) in [6.07, 6.45) is 2.07. The van der Waals surface area contributed by atoms with Crippen LogP contribution in [-0.4, -0.2) is 13.7 Å². The smallest absolute Gasteiger partial charge is 0.115 e.